The second-order valence-electron chi connectivity index (χ2n) is 5.66. The molecule has 0 spiro atoms. The third-order valence-electron chi connectivity index (χ3n) is 3.36. The van der Waals surface area contributed by atoms with Crippen LogP contribution in [0.15, 0.2) is 75.8 Å². The lowest BCUT2D eigenvalue weighted by Crippen LogP contribution is -2.05. The Morgan fingerprint density at radius 3 is 2.72 bits per heavy atom. The quantitative estimate of drug-likeness (QED) is 0.415. The third kappa shape index (κ3) is 4.45. The minimum atomic E-state index is -0.461. The maximum atomic E-state index is 12.0. The van der Waals surface area contributed by atoms with Crippen LogP contribution in [0.2, 0.25) is 0 Å². The largest absolute Gasteiger partial charge is 0.489 e. The second kappa shape index (κ2) is 7.49. The van der Waals surface area contributed by atoms with Gasteiger partial charge in [0.05, 0.1) is 0 Å². The molecule has 5 heteroatoms. The highest BCUT2D eigenvalue weighted by atomic mass is 79.9. The molecule has 3 rings (SSSR count). The molecular formula is C20H16BrNO3. The molecule has 0 saturated carbocycles. The highest BCUT2D eigenvalue weighted by Gasteiger charge is 2.24. The van der Waals surface area contributed by atoms with E-state index in [1.165, 1.54) is 0 Å². The summed E-state index contributed by atoms with van der Waals surface area (Å²) < 4.78 is 11.7. The summed E-state index contributed by atoms with van der Waals surface area (Å²) in [6, 6.07) is 14.9. The molecule has 2 aromatic rings. The summed E-state index contributed by atoms with van der Waals surface area (Å²) in [6.07, 6.45) is 1.69. The summed E-state index contributed by atoms with van der Waals surface area (Å²) in [5.74, 6) is 0.592. The first kappa shape index (κ1) is 17.2. The van der Waals surface area contributed by atoms with Crippen LogP contribution in [-0.4, -0.2) is 18.5 Å². The van der Waals surface area contributed by atoms with E-state index in [0.717, 1.165) is 26.9 Å². The summed E-state index contributed by atoms with van der Waals surface area (Å²) in [5, 5.41) is 0. The number of benzene rings is 2. The predicted octanol–water partition coefficient (Wildman–Crippen LogP) is 4.75. The molecule has 1 aliphatic heterocycles. The van der Waals surface area contributed by atoms with Crippen molar-refractivity contribution in [3.05, 3.63) is 82.0 Å². The van der Waals surface area contributed by atoms with Gasteiger partial charge in [0, 0.05) is 10.0 Å². The summed E-state index contributed by atoms with van der Waals surface area (Å²) >= 11 is 3.39. The number of carbonyl (C=O) groups excluding carboxylic acids is 1. The Bertz CT molecular complexity index is 882. The molecule has 0 unspecified atom stereocenters. The van der Waals surface area contributed by atoms with Gasteiger partial charge < -0.3 is 9.47 Å². The molecule has 4 nitrogen and oxygen atoms in total. The fourth-order valence-corrected chi connectivity index (χ4v) is 2.58. The first-order chi connectivity index (χ1) is 12.0. The van der Waals surface area contributed by atoms with Crippen molar-refractivity contribution in [2.45, 2.75) is 6.92 Å². The van der Waals surface area contributed by atoms with Crippen molar-refractivity contribution in [3.8, 4) is 5.75 Å². The summed E-state index contributed by atoms with van der Waals surface area (Å²) in [6.45, 7) is 6.19. The van der Waals surface area contributed by atoms with Crippen molar-refractivity contribution in [2.24, 2.45) is 4.99 Å². The number of ether oxygens (including phenoxy) is 2. The molecule has 0 radical (unpaired) electrons. The minimum Gasteiger partial charge on any atom is -0.489 e. The normalized spacial score (nSPS) is 15.0. The van der Waals surface area contributed by atoms with Crippen molar-refractivity contribution in [1.82, 2.24) is 0 Å². The lowest BCUT2D eigenvalue weighted by molar-refractivity contribution is -0.129. The van der Waals surface area contributed by atoms with E-state index in [1.54, 1.807) is 6.08 Å². The maximum Gasteiger partial charge on any atom is 0.363 e. The van der Waals surface area contributed by atoms with E-state index in [9.17, 15) is 4.79 Å². The molecule has 0 atom stereocenters. The number of nitrogens with zero attached hydrogens (tertiary/aromatic N) is 1. The topological polar surface area (TPSA) is 47.9 Å². The number of cyclic esters (lactones) is 1. The van der Waals surface area contributed by atoms with Gasteiger partial charge in [-0.15, -0.1) is 0 Å². The molecule has 0 aliphatic carbocycles. The first-order valence-corrected chi connectivity index (χ1v) is 8.46. The van der Waals surface area contributed by atoms with Gasteiger partial charge in [-0.1, -0.05) is 40.7 Å². The van der Waals surface area contributed by atoms with E-state index >= 15 is 0 Å². The van der Waals surface area contributed by atoms with Gasteiger partial charge in [0.1, 0.15) is 12.4 Å². The molecule has 0 N–H and O–H groups in total. The molecule has 1 aliphatic rings. The van der Waals surface area contributed by atoms with Crippen LogP contribution in [0.4, 0.5) is 0 Å². The minimum absolute atomic E-state index is 0.269. The van der Waals surface area contributed by atoms with Crippen LogP contribution in [0.5, 0.6) is 5.75 Å². The predicted molar refractivity (Wildman–Crippen MR) is 101 cm³/mol. The van der Waals surface area contributed by atoms with Crippen molar-refractivity contribution in [1.29, 1.82) is 0 Å². The number of carbonyl (C=O) groups is 1. The van der Waals surface area contributed by atoms with Gasteiger partial charge >= 0.3 is 5.97 Å². The highest BCUT2D eigenvalue weighted by Crippen LogP contribution is 2.22. The number of rotatable bonds is 5. The third-order valence-corrected chi connectivity index (χ3v) is 3.85. The lowest BCUT2D eigenvalue weighted by atomic mass is 10.2. The van der Waals surface area contributed by atoms with Crippen LogP contribution in [0.1, 0.15) is 18.1 Å². The summed E-state index contributed by atoms with van der Waals surface area (Å²) in [7, 11) is 0. The fourth-order valence-electron chi connectivity index (χ4n) is 2.18. The van der Waals surface area contributed by atoms with E-state index < -0.39 is 5.97 Å². The Labute approximate surface area is 154 Å². The number of aliphatic imine (C=N–C) groups is 1. The maximum absolute atomic E-state index is 12.0. The fraction of sp³-hybridized carbons (Fsp3) is 0.100. The molecule has 0 amide bonds. The zero-order valence-corrected chi connectivity index (χ0v) is 15.2. The van der Waals surface area contributed by atoms with Gasteiger partial charge in [-0.3, -0.25) is 0 Å². The van der Waals surface area contributed by atoms with Gasteiger partial charge in [0.25, 0.3) is 0 Å². The van der Waals surface area contributed by atoms with Gasteiger partial charge in [-0.05, 0) is 54.5 Å². The molecule has 25 heavy (non-hydrogen) atoms. The van der Waals surface area contributed by atoms with Crippen molar-refractivity contribution < 1.29 is 14.3 Å². The van der Waals surface area contributed by atoms with E-state index in [2.05, 4.69) is 27.5 Å². The van der Waals surface area contributed by atoms with Crippen molar-refractivity contribution >= 4 is 33.9 Å². The van der Waals surface area contributed by atoms with E-state index in [1.807, 2.05) is 55.5 Å². The van der Waals surface area contributed by atoms with Gasteiger partial charge in [-0.2, -0.15) is 0 Å². The van der Waals surface area contributed by atoms with Crippen LogP contribution >= 0.6 is 15.9 Å². The first-order valence-electron chi connectivity index (χ1n) is 7.67. The standard InChI is InChI=1S/C20H16BrNO3/c1-13(2)12-24-17-8-6-14(7-9-17)10-18-20(23)25-19(22-18)15-4-3-5-16(21)11-15/h3-11H,1,12H2,2H3/b18-10+. The second-order valence-corrected chi connectivity index (χ2v) is 6.58. The number of hydrogen-bond acceptors (Lipinski definition) is 4. The Kier molecular flexibility index (Phi) is 5.14. The smallest absolute Gasteiger partial charge is 0.363 e. The summed E-state index contributed by atoms with van der Waals surface area (Å²) in [5.41, 5.74) is 2.81. The molecule has 0 bridgehead atoms. The van der Waals surface area contributed by atoms with Gasteiger partial charge in [-0.25, -0.2) is 9.79 Å². The summed E-state index contributed by atoms with van der Waals surface area (Å²) in [4.78, 5) is 16.3. The molecule has 0 fully saturated rings. The van der Waals surface area contributed by atoms with Crippen molar-refractivity contribution in [3.63, 3.8) is 0 Å². The number of halogens is 1. The zero-order chi connectivity index (χ0) is 17.8. The van der Waals surface area contributed by atoms with E-state index in [0.29, 0.717) is 12.5 Å². The highest BCUT2D eigenvalue weighted by molar-refractivity contribution is 9.10. The molecular weight excluding hydrogens is 382 g/mol. The Morgan fingerprint density at radius 1 is 1.28 bits per heavy atom. The van der Waals surface area contributed by atoms with Crippen LogP contribution in [0, 0.1) is 0 Å². The lowest BCUT2D eigenvalue weighted by Gasteiger charge is -2.05. The average Bonchev–Trinajstić information content (AvgIpc) is 2.95. The zero-order valence-electron chi connectivity index (χ0n) is 13.7. The van der Waals surface area contributed by atoms with Gasteiger partial charge in [0.15, 0.2) is 5.70 Å². The number of hydrogen-bond donors (Lipinski definition) is 0. The molecule has 0 aromatic heterocycles. The van der Waals surface area contributed by atoms with E-state index in [4.69, 9.17) is 9.47 Å². The molecule has 126 valence electrons. The molecule has 1 heterocycles. The Morgan fingerprint density at radius 2 is 2.04 bits per heavy atom. The van der Waals surface area contributed by atoms with Crippen molar-refractivity contribution in [2.75, 3.05) is 6.61 Å². The molecule has 0 saturated heterocycles. The molecule has 2 aromatic carbocycles. The number of esters is 1. The Balaban J connectivity index is 1.78. The monoisotopic (exact) mass is 397 g/mol. The SMILES string of the molecule is C=C(C)COc1ccc(/C=C2/N=C(c3cccc(Br)c3)OC2=O)cc1. The van der Waals surface area contributed by atoms with Crippen LogP contribution in [0.25, 0.3) is 6.08 Å². The van der Waals surface area contributed by atoms with Crippen LogP contribution < -0.4 is 4.74 Å². The van der Waals surface area contributed by atoms with Crippen LogP contribution in [0.3, 0.4) is 0 Å². The average molecular weight is 398 g/mol. The van der Waals surface area contributed by atoms with Gasteiger partial charge in [0.2, 0.25) is 5.90 Å². The Hall–Kier alpha value is -2.66. The van der Waals surface area contributed by atoms with Crippen LogP contribution in [-0.2, 0) is 9.53 Å². The van der Waals surface area contributed by atoms with E-state index in [-0.39, 0.29) is 5.70 Å².